The Balaban J connectivity index is 2.81. The molecule has 0 bridgehead atoms. The predicted octanol–water partition coefficient (Wildman–Crippen LogP) is 1.03. The molecule has 1 rings (SSSR count). The van der Waals surface area contributed by atoms with Crippen molar-refractivity contribution in [3.05, 3.63) is 29.3 Å². The van der Waals surface area contributed by atoms with Crippen LogP contribution in [0.15, 0.2) is 23.1 Å². The quantitative estimate of drug-likeness (QED) is 0.713. The minimum Gasteiger partial charge on any atom is -0.452 e. The van der Waals surface area contributed by atoms with Crippen molar-refractivity contribution in [2.45, 2.75) is 38.1 Å². The van der Waals surface area contributed by atoms with Crippen LogP contribution in [-0.2, 0) is 19.6 Å². The van der Waals surface area contributed by atoms with E-state index in [2.05, 4.69) is 5.32 Å². The van der Waals surface area contributed by atoms with Crippen molar-refractivity contribution in [2.24, 2.45) is 0 Å². The number of amides is 3. The number of carbonyl (C=O) groups is 3. The fourth-order valence-electron chi connectivity index (χ4n) is 1.94. The van der Waals surface area contributed by atoms with Crippen molar-refractivity contribution in [1.29, 1.82) is 0 Å². The third-order valence-corrected chi connectivity index (χ3v) is 5.09. The van der Waals surface area contributed by atoms with Crippen molar-refractivity contribution in [3.63, 3.8) is 0 Å². The number of hydrogen-bond acceptors (Lipinski definition) is 6. The summed E-state index contributed by atoms with van der Waals surface area (Å²) in [6, 6.07) is 3.34. The van der Waals surface area contributed by atoms with Crippen molar-refractivity contribution in [2.75, 3.05) is 20.7 Å². The van der Waals surface area contributed by atoms with E-state index in [-0.39, 0.29) is 10.5 Å². The number of nitrogens with zero attached hydrogens (tertiary/aromatic N) is 1. The molecular formula is C17H25N3O6S. The molecule has 0 aliphatic heterocycles. The van der Waals surface area contributed by atoms with Crippen molar-refractivity contribution < 1.29 is 27.5 Å². The highest BCUT2D eigenvalue weighted by molar-refractivity contribution is 7.89. The van der Waals surface area contributed by atoms with Crippen molar-refractivity contribution in [3.8, 4) is 0 Å². The van der Waals surface area contributed by atoms with Crippen LogP contribution < -0.4 is 10.6 Å². The second-order valence-electron chi connectivity index (χ2n) is 7.09. The molecule has 0 unspecified atom stereocenters. The van der Waals surface area contributed by atoms with Crippen LogP contribution in [0.4, 0.5) is 4.79 Å². The summed E-state index contributed by atoms with van der Waals surface area (Å²) in [7, 11) is -0.971. The number of hydrogen-bond donors (Lipinski definition) is 2. The van der Waals surface area contributed by atoms with Gasteiger partial charge in [-0.15, -0.1) is 0 Å². The molecule has 2 N–H and O–H groups in total. The Kier molecular flexibility index (Phi) is 7.10. The molecule has 0 aliphatic carbocycles. The van der Waals surface area contributed by atoms with E-state index >= 15 is 0 Å². The van der Waals surface area contributed by atoms with Gasteiger partial charge in [0.25, 0.3) is 5.91 Å². The maximum atomic E-state index is 12.2. The maximum absolute atomic E-state index is 12.2. The number of rotatable bonds is 5. The van der Waals surface area contributed by atoms with Gasteiger partial charge in [0.05, 0.1) is 10.5 Å². The first-order valence-corrected chi connectivity index (χ1v) is 9.50. The predicted molar refractivity (Wildman–Crippen MR) is 98.8 cm³/mol. The highest BCUT2D eigenvalue weighted by Crippen LogP contribution is 2.18. The molecule has 0 saturated carbocycles. The van der Waals surface area contributed by atoms with Crippen LogP contribution in [0.5, 0.6) is 0 Å². The number of urea groups is 1. The summed E-state index contributed by atoms with van der Waals surface area (Å²) in [4.78, 5) is 35.5. The van der Waals surface area contributed by atoms with E-state index in [4.69, 9.17) is 4.74 Å². The van der Waals surface area contributed by atoms with Gasteiger partial charge in [-0.25, -0.2) is 22.3 Å². The van der Waals surface area contributed by atoms with Crippen LogP contribution >= 0.6 is 0 Å². The second kappa shape index (κ2) is 8.49. The lowest BCUT2D eigenvalue weighted by molar-refractivity contribution is -0.123. The van der Waals surface area contributed by atoms with Gasteiger partial charge in [-0.1, -0.05) is 6.07 Å². The van der Waals surface area contributed by atoms with Gasteiger partial charge in [-0.2, -0.15) is 0 Å². The first-order valence-electron chi connectivity index (χ1n) is 8.06. The largest absolute Gasteiger partial charge is 0.452 e. The summed E-state index contributed by atoms with van der Waals surface area (Å²) in [6.45, 7) is 6.16. The standard InChI is InChI=1S/C17H25N3O6S/c1-11-7-8-12(27(24,25)20(5)6)9-13(11)15(22)26-10-14(21)18-16(23)19-17(2,3)4/h7-9H,10H2,1-6H3,(H2,18,19,21,23). The molecule has 1 aromatic rings. The first-order chi connectivity index (χ1) is 12.2. The van der Waals surface area contributed by atoms with Crippen molar-refractivity contribution >= 4 is 27.9 Å². The number of sulfonamides is 1. The molecule has 3 amide bonds. The summed E-state index contributed by atoms with van der Waals surface area (Å²) >= 11 is 0. The second-order valence-corrected chi connectivity index (χ2v) is 9.24. The van der Waals surface area contributed by atoms with E-state index in [9.17, 15) is 22.8 Å². The Hall–Kier alpha value is -2.46. The van der Waals surface area contributed by atoms with Gasteiger partial charge < -0.3 is 10.1 Å². The monoisotopic (exact) mass is 399 g/mol. The number of benzene rings is 1. The third-order valence-electron chi connectivity index (χ3n) is 3.28. The smallest absolute Gasteiger partial charge is 0.338 e. The fourth-order valence-corrected chi connectivity index (χ4v) is 2.86. The number of esters is 1. The van der Waals surface area contributed by atoms with Gasteiger partial charge in [0.15, 0.2) is 6.61 Å². The van der Waals surface area contributed by atoms with Crippen LogP contribution in [0.3, 0.4) is 0 Å². The zero-order chi connectivity index (χ0) is 21.0. The topological polar surface area (TPSA) is 122 Å². The average Bonchev–Trinajstić information content (AvgIpc) is 2.50. The van der Waals surface area contributed by atoms with Gasteiger partial charge in [0.2, 0.25) is 10.0 Å². The zero-order valence-electron chi connectivity index (χ0n) is 16.2. The highest BCUT2D eigenvalue weighted by Gasteiger charge is 2.22. The minimum atomic E-state index is -3.72. The van der Waals surface area contributed by atoms with E-state index < -0.39 is 40.1 Å². The van der Waals surface area contributed by atoms with E-state index in [1.807, 2.05) is 5.32 Å². The Morgan fingerprint density at radius 2 is 1.74 bits per heavy atom. The lowest BCUT2D eigenvalue weighted by Crippen LogP contribution is -2.49. The molecule has 1 aromatic carbocycles. The Morgan fingerprint density at radius 1 is 1.15 bits per heavy atom. The molecule has 0 radical (unpaired) electrons. The van der Waals surface area contributed by atoms with Crippen LogP contribution in [0, 0.1) is 6.92 Å². The lowest BCUT2D eigenvalue weighted by Gasteiger charge is -2.20. The number of nitrogens with one attached hydrogen (secondary N) is 2. The fraction of sp³-hybridized carbons (Fsp3) is 0.471. The molecule has 27 heavy (non-hydrogen) atoms. The normalized spacial score (nSPS) is 11.8. The lowest BCUT2D eigenvalue weighted by atomic mass is 10.1. The zero-order valence-corrected chi connectivity index (χ0v) is 17.1. The molecular weight excluding hydrogens is 374 g/mol. The summed E-state index contributed by atoms with van der Waals surface area (Å²) < 4.78 is 30.3. The summed E-state index contributed by atoms with van der Waals surface area (Å²) in [5.74, 6) is -1.67. The van der Waals surface area contributed by atoms with Gasteiger partial charge in [0, 0.05) is 19.6 Å². The van der Waals surface area contributed by atoms with Crippen LogP contribution in [-0.4, -0.2) is 56.9 Å². The van der Waals surface area contributed by atoms with E-state index in [0.717, 1.165) is 4.31 Å². The Bertz CT molecular complexity index is 841. The molecule has 0 fully saturated rings. The SMILES string of the molecule is Cc1ccc(S(=O)(=O)N(C)C)cc1C(=O)OCC(=O)NC(=O)NC(C)(C)C. The number of ether oxygens (including phenoxy) is 1. The molecule has 0 aromatic heterocycles. The minimum absolute atomic E-state index is 0.0184. The Labute approximate surface area is 159 Å². The van der Waals surface area contributed by atoms with E-state index in [1.54, 1.807) is 27.7 Å². The van der Waals surface area contributed by atoms with Crippen molar-refractivity contribution in [1.82, 2.24) is 14.9 Å². The average molecular weight is 399 g/mol. The summed E-state index contributed by atoms with van der Waals surface area (Å²) in [5, 5.41) is 4.57. The van der Waals surface area contributed by atoms with E-state index in [1.165, 1.54) is 32.3 Å². The highest BCUT2D eigenvalue weighted by atomic mass is 32.2. The summed E-state index contributed by atoms with van der Waals surface area (Å²) in [5.41, 5.74) is -0.0234. The molecule has 0 heterocycles. The first kappa shape index (κ1) is 22.6. The molecule has 0 aliphatic rings. The van der Waals surface area contributed by atoms with Crippen LogP contribution in [0.1, 0.15) is 36.7 Å². The van der Waals surface area contributed by atoms with Crippen LogP contribution in [0.25, 0.3) is 0 Å². The molecule has 10 heteroatoms. The van der Waals surface area contributed by atoms with Gasteiger partial charge in [-0.05, 0) is 45.4 Å². The molecule has 0 saturated heterocycles. The maximum Gasteiger partial charge on any atom is 0.338 e. The number of imide groups is 1. The molecule has 0 spiro atoms. The molecule has 0 atom stereocenters. The third kappa shape index (κ3) is 6.65. The number of carbonyl (C=O) groups excluding carboxylic acids is 3. The van der Waals surface area contributed by atoms with Gasteiger partial charge in [0.1, 0.15) is 0 Å². The van der Waals surface area contributed by atoms with E-state index in [0.29, 0.717) is 5.56 Å². The Morgan fingerprint density at radius 3 is 2.26 bits per heavy atom. The molecule has 150 valence electrons. The number of aryl methyl sites for hydroxylation is 1. The summed E-state index contributed by atoms with van der Waals surface area (Å²) in [6.07, 6.45) is 0. The van der Waals surface area contributed by atoms with Crippen LogP contribution in [0.2, 0.25) is 0 Å². The molecule has 9 nitrogen and oxygen atoms in total. The van der Waals surface area contributed by atoms with Gasteiger partial charge >= 0.3 is 12.0 Å². The van der Waals surface area contributed by atoms with Gasteiger partial charge in [-0.3, -0.25) is 10.1 Å².